The van der Waals surface area contributed by atoms with E-state index in [1.165, 1.54) is 12.1 Å². The lowest BCUT2D eigenvalue weighted by molar-refractivity contribution is -0.143. The Labute approximate surface area is 135 Å². The van der Waals surface area contributed by atoms with E-state index < -0.39 is 29.2 Å². The van der Waals surface area contributed by atoms with E-state index >= 15 is 0 Å². The first-order valence-electron chi connectivity index (χ1n) is 7.24. The first kappa shape index (κ1) is 17.9. The fraction of sp³-hybridized carbons (Fsp3) is 0.333. The molecule has 0 bridgehead atoms. The maximum Gasteiger partial charge on any atom is 0.434 e. The Morgan fingerprint density at radius 1 is 1.25 bits per heavy atom. The summed E-state index contributed by atoms with van der Waals surface area (Å²) in [5, 5.41) is 5.94. The standard InChI is InChI=1S/C15H16F4N4O/c16-11-5-1-2-6-12(11)23-13(15(17,18)19)10(9-22-23)14(24)21-8-4-3-7-20/h1-2,5-6,9H,3-4,7-8,20H2,(H,21,24). The number of amides is 1. The van der Waals surface area contributed by atoms with Crippen LogP contribution in [0, 0.1) is 5.82 Å². The molecular formula is C15H16F4N4O. The van der Waals surface area contributed by atoms with Gasteiger partial charge in [-0.25, -0.2) is 9.07 Å². The number of alkyl halides is 3. The van der Waals surface area contributed by atoms with E-state index in [0.717, 1.165) is 18.3 Å². The number of nitrogens with two attached hydrogens (primary N) is 1. The molecule has 1 amide bonds. The topological polar surface area (TPSA) is 72.9 Å². The highest BCUT2D eigenvalue weighted by atomic mass is 19.4. The Morgan fingerprint density at radius 3 is 2.58 bits per heavy atom. The number of unbranched alkanes of at least 4 members (excludes halogenated alkanes) is 1. The monoisotopic (exact) mass is 344 g/mol. The van der Waals surface area contributed by atoms with E-state index in [1.807, 2.05) is 0 Å². The first-order valence-corrected chi connectivity index (χ1v) is 7.24. The van der Waals surface area contributed by atoms with Crippen molar-refractivity contribution in [2.24, 2.45) is 5.73 Å². The number of hydrogen-bond acceptors (Lipinski definition) is 3. The predicted molar refractivity (Wildman–Crippen MR) is 79.1 cm³/mol. The molecule has 1 heterocycles. The van der Waals surface area contributed by atoms with Crippen molar-refractivity contribution in [2.45, 2.75) is 19.0 Å². The molecule has 0 atom stereocenters. The molecule has 2 aromatic rings. The van der Waals surface area contributed by atoms with E-state index in [-0.39, 0.29) is 12.2 Å². The molecule has 0 aliphatic rings. The van der Waals surface area contributed by atoms with Gasteiger partial charge in [0.05, 0.1) is 11.8 Å². The van der Waals surface area contributed by atoms with E-state index in [2.05, 4.69) is 10.4 Å². The van der Waals surface area contributed by atoms with Crippen molar-refractivity contribution in [3.05, 3.63) is 47.5 Å². The highest BCUT2D eigenvalue weighted by Crippen LogP contribution is 2.34. The maximum atomic E-state index is 13.8. The predicted octanol–water partition coefficient (Wildman–Crippen LogP) is 2.50. The Kier molecular flexibility index (Phi) is 5.55. The van der Waals surface area contributed by atoms with Crippen molar-refractivity contribution in [3.63, 3.8) is 0 Å². The molecule has 0 fully saturated rings. The van der Waals surface area contributed by atoms with Crippen LogP contribution in [0.3, 0.4) is 0 Å². The number of nitrogens with zero attached hydrogens (tertiary/aromatic N) is 2. The fourth-order valence-corrected chi connectivity index (χ4v) is 2.16. The lowest BCUT2D eigenvalue weighted by Crippen LogP contribution is -2.27. The molecule has 0 aliphatic carbocycles. The molecule has 0 saturated carbocycles. The van der Waals surface area contributed by atoms with Crippen LogP contribution in [0.2, 0.25) is 0 Å². The van der Waals surface area contributed by atoms with Crippen LogP contribution in [0.15, 0.2) is 30.5 Å². The van der Waals surface area contributed by atoms with Gasteiger partial charge in [0.2, 0.25) is 0 Å². The summed E-state index contributed by atoms with van der Waals surface area (Å²) in [5.41, 5.74) is 2.96. The molecule has 0 aliphatic heterocycles. The Balaban J connectivity index is 2.37. The minimum atomic E-state index is -4.87. The molecule has 5 nitrogen and oxygen atoms in total. The largest absolute Gasteiger partial charge is 0.434 e. The van der Waals surface area contributed by atoms with Gasteiger partial charge in [0.15, 0.2) is 5.69 Å². The van der Waals surface area contributed by atoms with Gasteiger partial charge in [-0.15, -0.1) is 0 Å². The summed E-state index contributed by atoms with van der Waals surface area (Å²) in [6.45, 7) is 0.618. The molecular weight excluding hydrogens is 328 g/mol. The molecule has 0 unspecified atom stereocenters. The van der Waals surface area contributed by atoms with Crippen molar-refractivity contribution in [1.29, 1.82) is 0 Å². The zero-order valence-electron chi connectivity index (χ0n) is 12.6. The lowest BCUT2D eigenvalue weighted by atomic mass is 10.2. The summed E-state index contributed by atoms with van der Waals surface area (Å²) < 4.78 is 54.3. The average Bonchev–Trinajstić information content (AvgIpc) is 2.97. The van der Waals surface area contributed by atoms with Gasteiger partial charge in [-0.3, -0.25) is 4.79 Å². The number of carbonyl (C=O) groups is 1. The maximum absolute atomic E-state index is 13.8. The fourth-order valence-electron chi connectivity index (χ4n) is 2.16. The molecule has 9 heteroatoms. The van der Waals surface area contributed by atoms with Gasteiger partial charge in [-0.1, -0.05) is 12.1 Å². The van der Waals surface area contributed by atoms with Gasteiger partial charge in [0.25, 0.3) is 5.91 Å². The van der Waals surface area contributed by atoms with E-state index in [1.54, 1.807) is 0 Å². The number of carbonyl (C=O) groups excluding carboxylic acids is 1. The molecule has 24 heavy (non-hydrogen) atoms. The second-order valence-corrected chi connectivity index (χ2v) is 5.02. The van der Waals surface area contributed by atoms with Crippen LogP contribution < -0.4 is 11.1 Å². The summed E-state index contributed by atoms with van der Waals surface area (Å²) in [6, 6.07) is 4.90. The minimum Gasteiger partial charge on any atom is -0.352 e. The molecule has 2 rings (SSSR count). The number of rotatable bonds is 6. The second-order valence-electron chi connectivity index (χ2n) is 5.02. The van der Waals surface area contributed by atoms with Gasteiger partial charge in [-0.05, 0) is 31.5 Å². The van der Waals surface area contributed by atoms with Crippen LogP contribution >= 0.6 is 0 Å². The smallest absolute Gasteiger partial charge is 0.352 e. The van der Waals surface area contributed by atoms with Crippen LogP contribution in [-0.2, 0) is 6.18 Å². The lowest BCUT2D eigenvalue weighted by Gasteiger charge is -2.13. The van der Waals surface area contributed by atoms with Gasteiger partial charge < -0.3 is 11.1 Å². The van der Waals surface area contributed by atoms with Crippen molar-refractivity contribution in [2.75, 3.05) is 13.1 Å². The van der Waals surface area contributed by atoms with E-state index in [9.17, 15) is 22.4 Å². The van der Waals surface area contributed by atoms with Crippen molar-refractivity contribution >= 4 is 5.91 Å². The third kappa shape index (κ3) is 3.91. The summed E-state index contributed by atoms with van der Waals surface area (Å²) in [6.07, 6.45) is -2.90. The zero-order chi connectivity index (χ0) is 17.7. The number of hydrogen-bond donors (Lipinski definition) is 2. The van der Waals surface area contributed by atoms with Crippen molar-refractivity contribution in [3.8, 4) is 5.69 Å². The van der Waals surface area contributed by atoms with Crippen LogP contribution in [0.1, 0.15) is 28.9 Å². The molecule has 1 aromatic carbocycles. The van der Waals surface area contributed by atoms with Crippen LogP contribution in [0.4, 0.5) is 17.6 Å². The second kappa shape index (κ2) is 7.43. The van der Waals surface area contributed by atoms with Gasteiger partial charge in [0.1, 0.15) is 11.5 Å². The highest BCUT2D eigenvalue weighted by Gasteiger charge is 2.40. The number of para-hydroxylation sites is 1. The first-order chi connectivity index (χ1) is 11.4. The SMILES string of the molecule is NCCCCNC(=O)c1cnn(-c2ccccc2F)c1C(F)(F)F. The normalized spacial score (nSPS) is 11.5. The van der Waals surface area contributed by atoms with Crippen molar-refractivity contribution in [1.82, 2.24) is 15.1 Å². The Morgan fingerprint density at radius 2 is 1.96 bits per heavy atom. The van der Waals surface area contributed by atoms with Gasteiger partial charge in [-0.2, -0.15) is 18.3 Å². The molecule has 0 radical (unpaired) electrons. The summed E-state index contributed by atoms with van der Waals surface area (Å²) in [5.74, 6) is -1.79. The van der Waals surface area contributed by atoms with E-state index in [0.29, 0.717) is 24.1 Å². The third-order valence-corrected chi connectivity index (χ3v) is 3.28. The summed E-state index contributed by atoms with van der Waals surface area (Å²) >= 11 is 0. The summed E-state index contributed by atoms with van der Waals surface area (Å²) in [7, 11) is 0. The zero-order valence-corrected chi connectivity index (χ0v) is 12.6. The molecule has 130 valence electrons. The van der Waals surface area contributed by atoms with Crippen molar-refractivity contribution < 1.29 is 22.4 Å². The van der Waals surface area contributed by atoms with E-state index in [4.69, 9.17) is 5.73 Å². The molecule has 0 saturated heterocycles. The van der Waals surface area contributed by atoms with Crippen LogP contribution in [0.5, 0.6) is 0 Å². The molecule has 0 spiro atoms. The van der Waals surface area contributed by atoms with Crippen LogP contribution in [0.25, 0.3) is 5.69 Å². The number of nitrogens with one attached hydrogen (secondary N) is 1. The van der Waals surface area contributed by atoms with Crippen LogP contribution in [-0.4, -0.2) is 28.8 Å². The third-order valence-electron chi connectivity index (χ3n) is 3.28. The molecule has 1 aromatic heterocycles. The van der Waals surface area contributed by atoms with Gasteiger partial charge in [0, 0.05) is 6.54 Å². The number of benzene rings is 1. The number of aromatic nitrogens is 2. The molecule has 3 N–H and O–H groups in total. The average molecular weight is 344 g/mol. The Bertz CT molecular complexity index is 712. The summed E-state index contributed by atoms with van der Waals surface area (Å²) in [4.78, 5) is 12.0. The Hall–Kier alpha value is -2.42. The quantitative estimate of drug-likeness (QED) is 0.625. The van der Waals surface area contributed by atoms with Gasteiger partial charge >= 0.3 is 6.18 Å². The highest BCUT2D eigenvalue weighted by molar-refractivity contribution is 5.95. The minimum absolute atomic E-state index is 0.193. The number of halogens is 4.